The van der Waals surface area contributed by atoms with Crippen molar-refractivity contribution < 1.29 is 14.7 Å². The molecular weight excluding hydrogens is 302 g/mol. The minimum Gasteiger partial charge on any atom is -0.481 e. The molecule has 1 aliphatic rings. The van der Waals surface area contributed by atoms with Gasteiger partial charge in [0.25, 0.3) is 0 Å². The van der Waals surface area contributed by atoms with Gasteiger partial charge in [-0.25, -0.2) is 0 Å². The number of carbonyl (C=O) groups excluding carboxylic acids is 1. The molecule has 22 heavy (non-hydrogen) atoms. The van der Waals surface area contributed by atoms with Gasteiger partial charge in [0, 0.05) is 11.6 Å². The van der Waals surface area contributed by atoms with E-state index in [1.54, 1.807) is 25.1 Å². The lowest BCUT2D eigenvalue weighted by atomic mass is 9.74. The molecule has 1 unspecified atom stereocenters. The first-order chi connectivity index (χ1) is 10.4. The van der Waals surface area contributed by atoms with E-state index in [1.165, 1.54) is 0 Å². The van der Waals surface area contributed by atoms with Gasteiger partial charge >= 0.3 is 5.97 Å². The smallest absolute Gasteiger partial charge is 0.311 e. The van der Waals surface area contributed by atoms with Gasteiger partial charge in [-0.2, -0.15) is 0 Å². The Kier molecular flexibility index (Phi) is 5.46. The van der Waals surface area contributed by atoms with Crippen molar-refractivity contribution in [3.05, 3.63) is 34.9 Å². The number of hydrogen-bond acceptors (Lipinski definition) is 2. The number of hydrogen-bond donors (Lipinski definition) is 2. The molecule has 0 radical (unpaired) electrons. The third kappa shape index (κ3) is 3.80. The predicted molar refractivity (Wildman–Crippen MR) is 86.0 cm³/mol. The molecule has 0 heterocycles. The van der Waals surface area contributed by atoms with Crippen LogP contribution in [0.5, 0.6) is 0 Å². The van der Waals surface area contributed by atoms with E-state index in [-0.39, 0.29) is 18.4 Å². The number of rotatable bonds is 5. The maximum absolute atomic E-state index is 12.3. The van der Waals surface area contributed by atoms with Gasteiger partial charge in [0.2, 0.25) is 5.91 Å². The molecule has 5 heteroatoms. The zero-order chi connectivity index (χ0) is 16.2. The van der Waals surface area contributed by atoms with Crippen molar-refractivity contribution in [1.29, 1.82) is 0 Å². The van der Waals surface area contributed by atoms with Crippen molar-refractivity contribution in [2.24, 2.45) is 5.41 Å². The number of amides is 1. The zero-order valence-electron chi connectivity index (χ0n) is 12.8. The van der Waals surface area contributed by atoms with E-state index in [4.69, 9.17) is 11.6 Å². The number of halogens is 1. The lowest BCUT2D eigenvalue weighted by Crippen LogP contribution is -2.45. The first-order valence-electron chi connectivity index (χ1n) is 7.71. The summed E-state index contributed by atoms with van der Waals surface area (Å²) < 4.78 is 0. The molecule has 1 aromatic carbocycles. The first kappa shape index (κ1) is 16.8. The van der Waals surface area contributed by atoms with Gasteiger partial charge in [-0.3, -0.25) is 9.59 Å². The Morgan fingerprint density at radius 3 is 2.59 bits per heavy atom. The van der Waals surface area contributed by atoms with E-state index in [0.717, 1.165) is 24.8 Å². The summed E-state index contributed by atoms with van der Waals surface area (Å²) in [5.41, 5.74) is 0.0279. The summed E-state index contributed by atoms with van der Waals surface area (Å²) in [5, 5.41) is 12.9. The Balaban J connectivity index is 2.00. The van der Waals surface area contributed by atoms with Crippen molar-refractivity contribution in [1.82, 2.24) is 5.32 Å². The topological polar surface area (TPSA) is 66.4 Å². The monoisotopic (exact) mass is 323 g/mol. The lowest BCUT2D eigenvalue weighted by molar-refractivity contribution is -0.151. The second-order valence-corrected chi connectivity index (χ2v) is 6.58. The highest BCUT2D eigenvalue weighted by Gasteiger charge is 2.40. The molecular formula is C17H22ClNO3. The van der Waals surface area contributed by atoms with Crippen molar-refractivity contribution in [3.8, 4) is 0 Å². The van der Waals surface area contributed by atoms with Gasteiger partial charge in [0.1, 0.15) is 0 Å². The van der Waals surface area contributed by atoms with E-state index in [2.05, 4.69) is 5.32 Å². The summed E-state index contributed by atoms with van der Waals surface area (Å²) in [5.74, 6) is -1.32. The summed E-state index contributed by atoms with van der Waals surface area (Å²) in [7, 11) is 0. The number of nitrogens with one attached hydrogen (secondary N) is 1. The van der Waals surface area contributed by atoms with Crippen LogP contribution in [-0.2, 0) is 9.59 Å². The third-order valence-electron chi connectivity index (χ3n) is 4.61. The average molecular weight is 324 g/mol. The van der Waals surface area contributed by atoms with Gasteiger partial charge < -0.3 is 10.4 Å². The standard InChI is InChI=1S/C17H22ClNO3/c1-12(13-6-5-7-14(18)10-13)15(20)19-11-17(16(21)22)8-3-2-4-9-17/h5-7,10,12H,2-4,8-9,11H2,1H3,(H,19,20)(H,21,22). The molecule has 1 aliphatic carbocycles. The first-order valence-corrected chi connectivity index (χ1v) is 8.09. The molecule has 2 N–H and O–H groups in total. The fourth-order valence-corrected chi connectivity index (χ4v) is 3.23. The summed E-state index contributed by atoms with van der Waals surface area (Å²) in [6, 6.07) is 7.18. The summed E-state index contributed by atoms with van der Waals surface area (Å²) in [6.45, 7) is 2.00. The fraction of sp³-hybridized carbons (Fsp3) is 0.529. The highest BCUT2D eigenvalue weighted by molar-refractivity contribution is 6.30. The minimum atomic E-state index is -0.804. The van der Waals surface area contributed by atoms with Crippen molar-refractivity contribution in [2.75, 3.05) is 6.54 Å². The lowest BCUT2D eigenvalue weighted by Gasteiger charge is -2.33. The second kappa shape index (κ2) is 7.14. The molecule has 2 rings (SSSR count). The van der Waals surface area contributed by atoms with Crippen LogP contribution in [0.3, 0.4) is 0 Å². The van der Waals surface area contributed by atoms with Gasteiger partial charge in [-0.15, -0.1) is 0 Å². The Bertz CT molecular complexity index is 553. The van der Waals surface area contributed by atoms with Crippen LogP contribution < -0.4 is 5.32 Å². The Morgan fingerprint density at radius 2 is 2.00 bits per heavy atom. The maximum atomic E-state index is 12.3. The fourth-order valence-electron chi connectivity index (χ4n) is 3.03. The number of aliphatic carboxylic acids is 1. The summed E-state index contributed by atoms with van der Waals surface area (Å²) >= 11 is 5.95. The van der Waals surface area contributed by atoms with E-state index in [9.17, 15) is 14.7 Å². The predicted octanol–water partition coefficient (Wildman–Crippen LogP) is 3.59. The van der Waals surface area contributed by atoms with Gasteiger partial charge in [0.05, 0.1) is 11.3 Å². The summed E-state index contributed by atoms with van der Waals surface area (Å²) in [6.07, 6.45) is 4.16. The molecule has 120 valence electrons. The van der Waals surface area contributed by atoms with Crippen LogP contribution in [0.15, 0.2) is 24.3 Å². The SMILES string of the molecule is CC(C(=O)NCC1(C(=O)O)CCCCC1)c1cccc(Cl)c1. The number of carbonyl (C=O) groups is 2. The van der Waals surface area contributed by atoms with Crippen LogP contribution in [0, 0.1) is 5.41 Å². The van der Waals surface area contributed by atoms with E-state index in [1.807, 2.05) is 6.07 Å². The Morgan fingerprint density at radius 1 is 1.32 bits per heavy atom. The molecule has 0 saturated heterocycles. The number of benzene rings is 1. The van der Waals surface area contributed by atoms with Crippen molar-refractivity contribution >= 4 is 23.5 Å². The van der Waals surface area contributed by atoms with Gasteiger partial charge in [-0.05, 0) is 37.5 Å². The average Bonchev–Trinajstić information content (AvgIpc) is 2.52. The Labute approximate surface area is 135 Å². The van der Waals surface area contributed by atoms with E-state index in [0.29, 0.717) is 17.9 Å². The second-order valence-electron chi connectivity index (χ2n) is 6.14. The van der Waals surface area contributed by atoms with Crippen LogP contribution in [0.4, 0.5) is 0 Å². The molecule has 1 amide bonds. The van der Waals surface area contributed by atoms with Gasteiger partial charge in [0.15, 0.2) is 0 Å². The molecule has 0 bridgehead atoms. The maximum Gasteiger partial charge on any atom is 0.311 e. The molecule has 4 nitrogen and oxygen atoms in total. The largest absolute Gasteiger partial charge is 0.481 e. The van der Waals surface area contributed by atoms with Crippen molar-refractivity contribution in [3.63, 3.8) is 0 Å². The highest BCUT2D eigenvalue weighted by atomic mass is 35.5. The third-order valence-corrected chi connectivity index (χ3v) is 4.84. The van der Waals surface area contributed by atoms with E-state index >= 15 is 0 Å². The molecule has 1 fully saturated rings. The molecule has 1 aromatic rings. The molecule has 0 spiro atoms. The quantitative estimate of drug-likeness (QED) is 0.870. The van der Waals surface area contributed by atoms with Crippen LogP contribution in [0.2, 0.25) is 5.02 Å². The number of carboxylic acids is 1. The number of carboxylic acid groups (broad SMARTS) is 1. The molecule has 0 aromatic heterocycles. The van der Waals surface area contributed by atoms with E-state index < -0.39 is 11.4 Å². The van der Waals surface area contributed by atoms with Crippen molar-refractivity contribution in [2.45, 2.75) is 44.9 Å². The zero-order valence-corrected chi connectivity index (χ0v) is 13.5. The van der Waals surface area contributed by atoms with Crippen LogP contribution >= 0.6 is 11.6 Å². The Hall–Kier alpha value is -1.55. The normalized spacial score (nSPS) is 18.5. The highest BCUT2D eigenvalue weighted by Crippen LogP contribution is 2.36. The van der Waals surface area contributed by atoms with Crippen LogP contribution in [-0.4, -0.2) is 23.5 Å². The molecule has 1 atom stereocenters. The van der Waals surface area contributed by atoms with Gasteiger partial charge in [-0.1, -0.05) is 43.0 Å². The van der Waals surface area contributed by atoms with Crippen LogP contribution in [0.1, 0.15) is 50.5 Å². The minimum absolute atomic E-state index is 0.159. The summed E-state index contributed by atoms with van der Waals surface area (Å²) in [4.78, 5) is 23.9. The molecule has 1 saturated carbocycles. The molecule has 0 aliphatic heterocycles. The van der Waals surface area contributed by atoms with Crippen LogP contribution in [0.25, 0.3) is 0 Å².